The second-order valence-electron chi connectivity index (χ2n) is 7.35. The Bertz CT molecular complexity index is 959. The maximum absolute atomic E-state index is 6.09. The molecule has 4 rings (SSSR count). The zero-order chi connectivity index (χ0) is 19.5. The topological polar surface area (TPSA) is 65.0 Å². The van der Waals surface area contributed by atoms with Gasteiger partial charge in [-0.2, -0.15) is 0 Å². The number of likely N-dealkylation sites (tertiary alicyclic amines) is 1. The number of ether oxygens (including phenoxy) is 2. The molecule has 1 saturated heterocycles. The van der Waals surface area contributed by atoms with Gasteiger partial charge in [0.1, 0.15) is 17.1 Å². The van der Waals surface area contributed by atoms with Crippen LogP contribution in [0.3, 0.4) is 0 Å². The van der Waals surface area contributed by atoms with Crippen LogP contribution in [-0.4, -0.2) is 41.6 Å². The highest BCUT2D eigenvalue weighted by molar-refractivity contribution is 5.74. The van der Waals surface area contributed by atoms with E-state index in [9.17, 15) is 0 Å². The monoisotopic (exact) mass is 380 g/mol. The third-order valence-corrected chi connectivity index (χ3v) is 5.47. The van der Waals surface area contributed by atoms with Crippen LogP contribution >= 0.6 is 0 Å². The van der Waals surface area contributed by atoms with Crippen LogP contribution in [0.2, 0.25) is 0 Å². The molecule has 148 valence electrons. The molecule has 1 aliphatic rings. The molecule has 28 heavy (non-hydrogen) atoms. The summed E-state index contributed by atoms with van der Waals surface area (Å²) < 4.78 is 13.2. The Labute approximate surface area is 165 Å². The number of benzene rings is 1. The number of methoxy groups -OCH3 is 2. The molecule has 6 heteroatoms. The van der Waals surface area contributed by atoms with E-state index < -0.39 is 0 Å². The Morgan fingerprint density at radius 1 is 1.00 bits per heavy atom. The molecule has 0 saturated carbocycles. The minimum atomic E-state index is 0.728. The summed E-state index contributed by atoms with van der Waals surface area (Å²) in [6.07, 6.45) is 7.08. The van der Waals surface area contributed by atoms with Crippen molar-refractivity contribution in [1.82, 2.24) is 14.3 Å². The van der Waals surface area contributed by atoms with Gasteiger partial charge in [0, 0.05) is 24.0 Å². The Balaban J connectivity index is 1.86. The molecular weight excluding hydrogens is 352 g/mol. The first-order chi connectivity index (χ1) is 13.7. The normalized spacial score (nSPS) is 15.5. The van der Waals surface area contributed by atoms with Crippen molar-refractivity contribution in [2.24, 2.45) is 0 Å². The van der Waals surface area contributed by atoms with Crippen molar-refractivity contribution < 1.29 is 9.47 Å². The predicted octanol–water partition coefficient (Wildman–Crippen LogP) is 3.98. The zero-order valence-corrected chi connectivity index (χ0v) is 16.6. The molecule has 1 aromatic carbocycles. The predicted molar refractivity (Wildman–Crippen MR) is 112 cm³/mol. The number of aromatic nitrogens is 2. The number of pyridine rings is 1. The molecule has 3 aromatic rings. The first-order valence-electron chi connectivity index (χ1n) is 9.91. The van der Waals surface area contributed by atoms with Crippen molar-refractivity contribution in [2.45, 2.75) is 32.2 Å². The van der Waals surface area contributed by atoms with Crippen LogP contribution in [0.5, 0.6) is 11.5 Å². The number of rotatable bonds is 5. The average Bonchev–Trinajstić information content (AvgIpc) is 2.88. The van der Waals surface area contributed by atoms with Gasteiger partial charge >= 0.3 is 0 Å². The lowest BCUT2D eigenvalue weighted by Crippen LogP contribution is -2.25. The molecule has 0 bridgehead atoms. The van der Waals surface area contributed by atoms with Gasteiger partial charge in [-0.25, -0.2) is 4.98 Å². The first-order valence-corrected chi connectivity index (χ1v) is 9.91. The van der Waals surface area contributed by atoms with E-state index in [2.05, 4.69) is 9.30 Å². The SMILES string of the molecule is COc1ccc(OC)c(-c2nc3ccc(N)cn3c2CN2CCCCCC2)c1. The van der Waals surface area contributed by atoms with E-state index in [1.807, 2.05) is 36.5 Å². The first kappa shape index (κ1) is 18.6. The summed E-state index contributed by atoms with van der Waals surface area (Å²) in [5, 5.41) is 0. The standard InChI is InChI=1S/C22H28N4O2/c1-27-17-8-9-20(28-2)18(13-17)22-19(15-25-11-5-3-4-6-12-25)26-14-16(23)7-10-21(26)24-22/h7-10,13-14H,3-6,11-12,15,23H2,1-2H3. The number of imidazole rings is 1. The van der Waals surface area contributed by atoms with E-state index in [1.54, 1.807) is 14.2 Å². The van der Waals surface area contributed by atoms with E-state index in [4.69, 9.17) is 20.2 Å². The summed E-state index contributed by atoms with van der Waals surface area (Å²) in [5.41, 5.74) is 10.7. The maximum atomic E-state index is 6.09. The highest BCUT2D eigenvalue weighted by Gasteiger charge is 2.21. The van der Waals surface area contributed by atoms with E-state index in [1.165, 1.54) is 25.7 Å². The van der Waals surface area contributed by atoms with Gasteiger partial charge in [-0.05, 0) is 56.3 Å². The fraction of sp³-hybridized carbons (Fsp3) is 0.409. The quantitative estimate of drug-likeness (QED) is 0.725. The number of hydrogen-bond acceptors (Lipinski definition) is 5. The molecule has 6 nitrogen and oxygen atoms in total. The number of nitrogen functional groups attached to an aromatic ring is 1. The lowest BCUT2D eigenvalue weighted by molar-refractivity contribution is 0.273. The third kappa shape index (κ3) is 3.64. The van der Waals surface area contributed by atoms with Crippen molar-refractivity contribution >= 4 is 11.3 Å². The molecular formula is C22H28N4O2. The molecule has 1 aliphatic heterocycles. The average molecular weight is 380 g/mol. The Kier molecular flexibility index (Phi) is 5.39. The van der Waals surface area contributed by atoms with E-state index >= 15 is 0 Å². The maximum Gasteiger partial charge on any atom is 0.137 e. The van der Waals surface area contributed by atoms with E-state index in [0.29, 0.717) is 0 Å². The zero-order valence-electron chi connectivity index (χ0n) is 16.6. The summed E-state index contributed by atoms with van der Waals surface area (Å²) in [6.45, 7) is 3.06. The third-order valence-electron chi connectivity index (χ3n) is 5.47. The number of fused-ring (bicyclic) bond motifs is 1. The minimum absolute atomic E-state index is 0.728. The van der Waals surface area contributed by atoms with E-state index in [0.717, 1.165) is 59.4 Å². The van der Waals surface area contributed by atoms with Crippen molar-refractivity contribution in [1.29, 1.82) is 0 Å². The van der Waals surface area contributed by atoms with Crippen LogP contribution < -0.4 is 15.2 Å². The summed E-state index contributed by atoms with van der Waals surface area (Å²) in [5.74, 6) is 1.57. The molecule has 0 amide bonds. The van der Waals surface area contributed by atoms with Crippen LogP contribution in [0.1, 0.15) is 31.4 Å². The number of nitrogens with two attached hydrogens (primary N) is 1. The number of nitrogens with zero attached hydrogens (tertiary/aromatic N) is 3. The lowest BCUT2D eigenvalue weighted by atomic mass is 10.1. The Hall–Kier alpha value is -2.73. The highest BCUT2D eigenvalue weighted by atomic mass is 16.5. The summed E-state index contributed by atoms with van der Waals surface area (Å²) in [7, 11) is 3.36. The van der Waals surface area contributed by atoms with Gasteiger partial charge in [0.05, 0.1) is 25.6 Å². The largest absolute Gasteiger partial charge is 0.497 e. The Morgan fingerprint density at radius 3 is 2.50 bits per heavy atom. The van der Waals surface area contributed by atoms with Gasteiger partial charge in [-0.1, -0.05) is 12.8 Å². The second-order valence-corrected chi connectivity index (χ2v) is 7.35. The lowest BCUT2D eigenvalue weighted by Gasteiger charge is -2.20. The van der Waals surface area contributed by atoms with Crippen molar-refractivity contribution in [3.63, 3.8) is 0 Å². The molecule has 2 aromatic heterocycles. The number of hydrogen-bond donors (Lipinski definition) is 1. The molecule has 0 aliphatic carbocycles. The summed E-state index contributed by atoms with van der Waals surface area (Å²) in [4.78, 5) is 7.47. The van der Waals surface area contributed by atoms with Gasteiger partial charge in [-0.3, -0.25) is 4.90 Å². The van der Waals surface area contributed by atoms with Crippen LogP contribution in [0.25, 0.3) is 16.9 Å². The molecule has 1 fully saturated rings. The minimum Gasteiger partial charge on any atom is -0.497 e. The molecule has 2 N–H and O–H groups in total. The molecule has 0 radical (unpaired) electrons. The van der Waals surface area contributed by atoms with Crippen LogP contribution in [-0.2, 0) is 6.54 Å². The molecule has 3 heterocycles. The van der Waals surface area contributed by atoms with Gasteiger partial charge in [-0.15, -0.1) is 0 Å². The molecule has 0 unspecified atom stereocenters. The van der Waals surface area contributed by atoms with Crippen LogP contribution in [0.15, 0.2) is 36.5 Å². The van der Waals surface area contributed by atoms with Crippen LogP contribution in [0.4, 0.5) is 5.69 Å². The van der Waals surface area contributed by atoms with Gasteiger partial charge in [0.2, 0.25) is 0 Å². The molecule has 0 spiro atoms. The van der Waals surface area contributed by atoms with Crippen molar-refractivity contribution in [2.75, 3.05) is 33.0 Å². The fourth-order valence-corrected chi connectivity index (χ4v) is 3.98. The summed E-state index contributed by atoms with van der Waals surface area (Å²) >= 11 is 0. The van der Waals surface area contributed by atoms with Crippen molar-refractivity contribution in [3.05, 3.63) is 42.2 Å². The summed E-state index contributed by atoms with van der Waals surface area (Å²) in [6, 6.07) is 9.70. The number of anilines is 1. The van der Waals surface area contributed by atoms with Gasteiger partial charge < -0.3 is 19.6 Å². The van der Waals surface area contributed by atoms with Crippen LogP contribution in [0, 0.1) is 0 Å². The Morgan fingerprint density at radius 2 is 1.79 bits per heavy atom. The van der Waals surface area contributed by atoms with Gasteiger partial charge in [0.25, 0.3) is 0 Å². The molecule has 0 atom stereocenters. The van der Waals surface area contributed by atoms with E-state index in [-0.39, 0.29) is 0 Å². The second kappa shape index (κ2) is 8.10. The fourth-order valence-electron chi connectivity index (χ4n) is 3.98. The van der Waals surface area contributed by atoms with Crippen molar-refractivity contribution in [3.8, 4) is 22.8 Å². The highest BCUT2D eigenvalue weighted by Crippen LogP contribution is 2.36. The van der Waals surface area contributed by atoms with Gasteiger partial charge in [0.15, 0.2) is 0 Å². The smallest absolute Gasteiger partial charge is 0.137 e.